The van der Waals surface area contributed by atoms with Crippen molar-refractivity contribution in [2.24, 2.45) is 10.9 Å². The van der Waals surface area contributed by atoms with Crippen LogP contribution < -0.4 is 10.7 Å². The molecule has 1 saturated heterocycles. The Morgan fingerprint density at radius 3 is 2.37 bits per heavy atom. The molecule has 1 aliphatic carbocycles. The summed E-state index contributed by atoms with van der Waals surface area (Å²) in [6, 6.07) is 11.0. The number of benzene rings is 3. The monoisotopic (exact) mass is 849 g/mol. The summed E-state index contributed by atoms with van der Waals surface area (Å²) in [4.78, 5) is 37.9. The number of ether oxygens (including phenoxy) is 1. The van der Waals surface area contributed by atoms with Crippen LogP contribution in [0.5, 0.6) is 0 Å². The van der Waals surface area contributed by atoms with Gasteiger partial charge in [-0.3, -0.25) is 23.7 Å². The number of aryl methyl sites for hydroxylation is 2. The van der Waals surface area contributed by atoms with Crippen LogP contribution in [0.15, 0.2) is 56.8 Å². The lowest BCUT2D eigenvalue weighted by molar-refractivity contribution is -0.458. The van der Waals surface area contributed by atoms with Crippen LogP contribution in [0.4, 0.5) is 5.69 Å². The minimum absolute atomic E-state index is 0.0125. The van der Waals surface area contributed by atoms with Crippen molar-refractivity contribution >= 4 is 61.7 Å². The number of hydrogen-bond donors (Lipinski definition) is 4. The van der Waals surface area contributed by atoms with E-state index in [2.05, 4.69) is 32.6 Å². The molecule has 1 fully saturated rings. The molecule has 1 amide bonds. The average molecular weight is 850 g/mol. The molecule has 0 spiro atoms. The summed E-state index contributed by atoms with van der Waals surface area (Å²) in [6.45, 7) is 10.1. The summed E-state index contributed by atoms with van der Waals surface area (Å²) in [6.07, 6.45) is 1.26. The van der Waals surface area contributed by atoms with Crippen molar-refractivity contribution in [1.29, 1.82) is 0 Å². The second-order valence-corrected chi connectivity index (χ2v) is 17.9. The molecule has 0 atom stereocenters. The summed E-state index contributed by atoms with van der Waals surface area (Å²) < 4.78 is 85.0. The summed E-state index contributed by atoms with van der Waals surface area (Å²) in [5, 5.41) is 8.46. The Morgan fingerprint density at radius 2 is 1.72 bits per heavy atom. The molecule has 0 bridgehead atoms. The molecule has 2 heterocycles. The molecular weight excluding hydrogens is 803 g/mol. The molecule has 0 saturated carbocycles. The van der Waals surface area contributed by atoms with Crippen molar-refractivity contribution in [3.8, 4) is 22.5 Å². The first-order chi connectivity index (χ1) is 26.8. The van der Waals surface area contributed by atoms with E-state index in [-0.39, 0.29) is 61.1 Å². The largest absolute Gasteiger partial charge is 0.460 e. The minimum atomic E-state index is -4.93. The molecule has 5 rings (SSSR count). The van der Waals surface area contributed by atoms with Crippen LogP contribution in [0, 0.1) is 19.8 Å². The van der Waals surface area contributed by atoms with Crippen LogP contribution in [-0.2, 0) is 44.0 Å². The first kappa shape index (κ1) is 44.0. The van der Waals surface area contributed by atoms with Gasteiger partial charge in [-0.1, -0.05) is 11.1 Å². The van der Waals surface area contributed by atoms with Gasteiger partial charge in [0.2, 0.25) is 0 Å². The van der Waals surface area contributed by atoms with E-state index in [0.717, 1.165) is 0 Å². The number of anilines is 1. The topological polar surface area (TPSA) is 221 Å². The predicted octanol–water partition coefficient (Wildman–Crippen LogP) is 5.97. The number of thiol groups is 1. The molecule has 57 heavy (non-hydrogen) atoms. The number of likely N-dealkylation sites (tertiary alicyclic amines) is 1. The Hall–Kier alpha value is -4.08. The lowest BCUT2D eigenvalue weighted by atomic mass is 9.88. The van der Waals surface area contributed by atoms with Gasteiger partial charge in [-0.05, 0) is 95.7 Å². The Labute approximate surface area is 336 Å². The highest BCUT2D eigenvalue weighted by atomic mass is 32.2. The van der Waals surface area contributed by atoms with Crippen molar-refractivity contribution in [2.45, 2.75) is 70.8 Å². The van der Waals surface area contributed by atoms with Gasteiger partial charge in [0.1, 0.15) is 21.8 Å². The van der Waals surface area contributed by atoms with Gasteiger partial charge in [0.05, 0.1) is 23.6 Å². The van der Waals surface area contributed by atoms with Crippen LogP contribution in [0.2, 0.25) is 0 Å². The lowest BCUT2D eigenvalue weighted by Crippen LogP contribution is -2.42. The molecule has 3 aliphatic rings. The first-order valence-electron chi connectivity index (χ1n) is 18.2. The highest BCUT2D eigenvalue weighted by Crippen LogP contribution is 2.45. The van der Waals surface area contributed by atoms with Crippen molar-refractivity contribution in [1.82, 2.24) is 4.90 Å². The van der Waals surface area contributed by atoms with E-state index in [9.17, 15) is 35.5 Å². The molecule has 2 aliphatic heterocycles. The maximum atomic E-state index is 14.5. The Bertz CT molecular complexity index is 2380. The molecule has 0 radical (unpaired) electrons. The zero-order chi connectivity index (χ0) is 41.7. The third-order valence-corrected chi connectivity index (χ3v) is 11.1. The van der Waals surface area contributed by atoms with Gasteiger partial charge < -0.3 is 19.4 Å². The molecule has 2 aromatic carbocycles. The highest BCUT2D eigenvalue weighted by Gasteiger charge is 2.34. The number of hydrogen-bond acceptors (Lipinski definition) is 14. The third kappa shape index (κ3) is 11.3. The zero-order valence-corrected chi connectivity index (χ0v) is 34.8. The SMILES string of the molecule is Cc1cc2c(-c3c(C(=O)N4CCC(C(=O)OC(C)(C)C)CC4)cccc3S(=O)(=O)O)c3cc(C)c(=NCCCOOOS)cc-3oc2cc1NCCCS(=O)(=O)O. The second-order valence-electron chi connectivity index (χ2n) is 14.8. The van der Waals surface area contributed by atoms with Gasteiger partial charge in [-0.25, -0.2) is 4.89 Å². The van der Waals surface area contributed by atoms with Crippen LogP contribution in [0.1, 0.15) is 67.9 Å². The molecule has 2 aromatic rings. The fourth-order valence-electron chi connectivity index (χ4n) is 6.73. The molecule has 0 aromatic heterocycles. The number of nitrogens with one attached hydrogen (secondary N) is 1. The quantitative estimate of drug-likeness (QED) is 0.0158. The van der Waals surface area contributed by atoms with E-state index >= 15 is 0 Å². The maximum Gasteiger partial charge on any atom is 0.309 e. The van der Waals surface area contributed by atoms with Gasteiger partial charge in [0.25, 0.3) is 26.1 Å². The standard InChI is InChI=1S/C38H47N3O13S3/c1-23-19-27-31(21-29(23)39-13-7-17-50-53-54-55)51-32-22-30(40-14-8-18-56(44,45)46)24(2)20-28(32)34(27)35-26(9-6-10-33(35)57(47,48)49)36(42)41-15-11-25(12-16-41)37(43)52-38(3,4)5/h6,9-10,19-22,25,40,55H,7-8,11-18H2,1-5H3,(H,44,45,46)(H,47,48,49). The fourth-order valence-corrected chi connectivity index (χ4v) is 8.00. The number of carbonyl (C=O) groups is 2. The number of esters is 1. The van der Waals surface area contributed by atoms with Crippen molar-refractivity contribution in [3.05, 3.63) is 64.5 Å². The number of piperidine rings is 1. The van der Waals surface area contributed by atoms with Gasteiger partial charge in [0, 0.05) is 84.5 Å². The van der Waals surface area contributed by atoms with E-state index in [0.29, 0.717) is 64.5 Å². The average Bonchev–Trinajstić information content (AvgIpc) is 3.12. The lowest BCUT2D eigenvalue weighted by Gasteiger charge is -2.33. The number of nitrogens with zero attached hydrogens (tertiary/aromatic N) is 2. The summed E-state index contributed by atoms with van der Waals surface area (Å²) >= 11 is 3.44. The number of carbonyl (C=O) groups excluding carboxylic acids is 2. The number of fused-ring (bicyclic) bond motifs is 2. The molecule has 19 heteroatoms. The van der Waals surface area contributed by atoms with Gasteiger partial charge in [0.15, 0.2) is 0 Å². The molecule has 3 N–H and O–H groups in total. The summed E-state index contributed by atoms with van der Waals surface area (Å²) in [7, 11) is -9.09. The summed E-state index contributed by atoms with van der Waals surface area (Å²) in [5.74, 6) is -1.41. The van der Waals surface area contributed by atoms with Crippen molar-refractivity contribution in [2.75, 3.05) is 43.9 Å². The molecule has 310 valence electrons. The molecule has 16 nitrogen and oxygen atoms in total. The zero-order valence-electron chi connectivity index (χ0n) is 32.2. The number of rotatable bonds is 15. The highest BCUT2D eigenvalue weighted by molar-refractivity contribution is 7.86. The van der Waals surface area contributed by atoms with Crippen LogP contribution in [-0.4, -0.2) is 86.9 Å². The fraction of sp³-hybridized carbons (Fsp3) is 0.447. The van der Waals surface area contributed by atoms with E-state index in [1.807, 2.05) is 6.92 Å². The van der Waals surface area contributed by atoms with E-state index in [1.54, 1.807) is 56.9 Å². The Morgan fingerprint density at radius 1 is 1.00 bits per heavy atom. The Kier molecular flexibility index (Phi) is 14.1. The van der Waals surface area contributed by atoms with Gasteiger partial charge >= 0.3 is 5.97 Å². The van der Waals surface area contributed by atoms with Gasteiger partial charge in [-0.15, -0.1) is 4.33 Å². The van der Waals surface area contributed by atoms with Crippen LogP contribution in [0.25, 0.3) is 33.4 Å². The summed E-state index contributed by atoms with van der Waals surface area (Å²) in [5.41, 5.74) is 2.26. The van der Waals surface area contributed by atoms with Crippen LogP contribution >= 0.6 is 12.9 Å². The third-order valence-electron chi connectivity index (χ3n) is 9.33. The smallest absolute Gasteiger partial charge is 0.309 e. The first-order valence-corrected chi connectivity index (χ1v) is 21.6. The van der Waals surface area contributed by atoms with Crippen molar-refractivity contribution in [3.63, 3.8) is 0 Å². The Balaban J connectivity index is 1.68. The molecular formula is C38H47N3O13S3. The van der Waals surface area contributed by atoms with E-state index < -0.39 is 48.3 Å². The van der Waals surface area contributed by atoms with Gasteiger partial charge in [-0.2, -0.15) is 16.8 Å². The normalized spacial score (nSPS) is 14.7. The van der Waals surface area contributed by atoms with E-state index in [4.69, 9.17) is 14.0 Å². The molecule has 0 unspecified atom stereocenters. The maximum absolute atomic E-state index is 14.5. The minimum Gasteiger partial charge on any atom is -0.460 e. The second kappa shape index (κ2) is 18.2. The van der Waals surface area contributed by atoms with Crippen molar-refractivity contribution < 1.29 is 58.9 Å². The number of amides is 1. The van der Waals surface area contributed by atoms with E-state index in [1.165, 1.54) is 18.2 Å². The van der Waals surface area contributed by atoms with Crippen LogP contribution in [0.3, 0.4) is 0 Å². The predicted molar refractivity (Wildman–Crippen MR) is 214 cm³/mol.